The van der Waals surface area contributed by atoms with Crippen molar-refractivity contribution in [3.63, 3.8) is 0 Å². The number of benzene rings is 1. The zero-order chi connectivity index (χ0) is 22.2. The van der Waals surface area contributed by atoms with E-state index in [1.165, 1.54) is 17.6 Å². The largest absolute Gasteiger partial charge is 0.374 e. The number of rotatable bonds is 5. The van der Waals surface area contributed by atoms with Crippen LogP contribution in [0.1, 0.15) is 32.1 Å². The quantitative estimate of drug-likeness (QED) is 0.443. The number of ether oxygens (including phenoxy) is 1. The predicted octanol–water partition coefficient (Wildman–Crippen LogP) is 1.87. The van der Waals surface area contributed by atoms with Crippen molar-refractivity contribution in [2.24, 2.45) is 7.05 Å². The van der Waals surface area contributed by atoms with Crippen LogP contribution in [0.15, 0.2) is 18.2 Å². The zero-order valence-electron chi connectivity index (χ0n) is 16.6. The number of terminal acetylenes is 1. The molecule has 0 unspecified atom stereocenters. The summed E-state index contributed by atoms with van der Waals surface area (Å²) in [5, 5.41) is 4.97. The lowest BCUT2D eigenvalue weighted by Gasteiger charge is -2.37. The van der Waals surface area contributed by atoms with Crippen molar-refractivity contribution in [3.8, 4) is 12.3 Å². The van der Waals surface area contributed by atoms with Gasteiger partial charge in [-0.15, -0.1) is 6.42 Å². The number of amides is 2. The SMILES string of the molecule is C#CC1(NC(=O)C(=O)c2c(C)c(C(=O)Nc3ccc(F)c(F)c3)n(C)c2C)COC1. The second kappa shape index (κ2) is 7.72. The molecule has 30 heavy (non-hydrogen) atoms. The minimum atomic E-state index is -1.11. The Labute approximate surface area is 171 Å². The van der Waals surface area contributed by atoms with Gasteiger partial charge in [0.15, 0.2) is 11.6 Å². The molecule has 1 aliphatic heterocycles. The molecule has 1 aromatic heterocycles. The van der Waals surface area contributed by atoms with Gasteiger partial charge in [-0.25, -0.2) is 8.78 Å². The summed E-state index contributed by atoms with van der Waals surface area (Å²) in [4.78, 5) is 38.0. The van der Waals surface area contributed by atoms with Gasteiger partial charge in [-0.2, -0.15) is 0 Å². The fourth-order valence-electron chi connectivity index (χ4n) is 3.28. The molecule has 7 nitrogen and oxygen atoms in total. The summed E-state index contributed by atoms with van der Waals surface area (Å²) in [6.07, 6.45) is 5.41. The van der Waals surface area contributed by atoms with Gasteiger partial charge in [0.05, 0.1) is 18.8 Å². The van der Waals surface area contributed by atoms with Gasteiger partial charge < -0.3 is 19.9 Å². The standard InChI is InChI=1S/C21H19F2N3O4/c1-5-21(9-30-10-21)25-20(29)18(27)16-11(2)17(26(4)12(16)3)19(28)24-13-6-7-14(22)15(23)8-13/h1,6-8H,9-10H2,2-4H3,(H,24,28)(H,25,29). The van der Waals surface area contributed by atoms with Crippen molar-refractivity contribution in [2.45, 2.75) is 19.4 Å². The van der Waals surface area contributed by atoms with Crippen LogP contribution in [0.2, 0.25) is 0 Å². The molecule has 1 saturated heterocycles. The van der Waals surface area contributed by atoms with E-state index in [0.717, 1.165) is 12.1 Å². The van der Waals surface area contributed by atoms with E-state index in [-0.39, 0.29) is 35.7 Å². The van der Waals surface area contributed by atoms with Crippen LogP contribution in [-0.2, 0) is 16.6 Å². The van der Waals surface area contributed by atoms with Crippen LogP contribution >= 0.6 is 0 Å². The van der Waals surface area contributed by atoms with Crippen molar-refractivity contribution in [1.29, 1.82) is 0 Å². The normalized spacial score (nSPS) is 14.4. The number of anilines is 1. The highest BCUT2D eigenvalue weighted by atomic mass is 19.2. The van der Waals surface area contributed by atoms with E-state index in [9.17, 15) is 23.2 Å². The van der Waals surface area contributed by atoms with E-state index in [0.29, 0.717) is 5.69 Å². The first-order valence-corrected chi connectivity index (χ1v) is 8.95. The third-order valence-corrected chi connectivity index (χ3v) is 5.08. The molecule has 1 aliphatic rings. The Hall–Kier alpha value is -3.51. The van der Waals surface area contributed by atoms with Crippen molar-refractivity contribution in [1.82, 2.24) is 9.88 Å². The van der Waals surface area contributed by atoms with Gasteiger partial charge in [0, 0.05) is 24.5 Å². The second-order valence-corrected chi connectivity index (χ2v) is 7.08. The Bertz CT molecular complexity index is 1110. The summed E-state index contributed by atoms with van der Waals surface area (Å²) in [6, 6.07) is 2.94. The van der Waals surface area contributed by atoms with E-state index < -0.39 is 34.8 Å². The topological polar surface area (TPSA) is 89.4 Å². The Morgan fingerprint density at radius 2 is 1.87 bits per heavy atom. The smallest absolute Gasteiger partial charge is 0.293 e. The molecule has 2 aromatic rings. The van der Waals surface area contributed by atoms with Crippen molar-refractivity contribution in [2.75, 3.05) is 18.5 Å². The first-order chi connectivity index (χ1) is 14.1. The maximum atomic E-state index is 13.4. The molecule has 2 amide bonds. The van der Waals surface area contributed by atoms with E-state index >= 15 is 0 Å². The molecule has 0 atom stereocenters. The number of nitrogens with zero attached hydrogens (tertiary/aromatic N) is 1. The molecule has 1 fully saturated rings. The summed E-state index contributed by atoms with van der Waals surface area (Å²) in [5.74, 6) is -2.12. The van der Waals surface area contributed by atoms with Crippen LogP contribution < -0.4 is 10.6 Å². The Balaban J connectivity index is 1.88. The lowest BCUT2D eigenvalue weighted by atomic mass is 9.97. The van der Waals surface area contributed by atoms with Gasteiger partial charge in [-0.3, -0.25) is 14.4 Å². The summed E-state index contributed by atoms with van der Waals surface area (Å²) in [7, 11) is 1.56. The molecular weight excluding hydrogens is 396 g/mol. The highest BCUT2D eigenvalue weighted by molar-refractivity contribution is 6.44. The number of aromatic nitrogens is 1. The summed E-state index contributed by atoms with van der Waals surface area (Å²) in [6.45, 7) is 3.33. The van der Waals surface area contributed by atoms with Gasteiger partial charge >= 0.3 is 0 Å². The summed E-state index contributed by atoms with van der Waals surface area (Å²) >= 11 is 0. The monoisotopic (exact) mass is 415 g/mol. The molecule has 156 valence electrons. The molecule has 9 heteroatoms. The van der Waals surface area contributed by atoms with Crippen molar-refractivity contribution in [3.05, 3.63) is 52.3 Å². The van der Waals surface area contributed by atoms with Gasteiger partial charge in [0.1, 0.15) is 11.2 Å². The van der Waals surface area contributed by atoms with Gasteiger partial charge in [0.2, 0.25) is 0 Å². The second-order valence-electron chi connectivity index (χ2n) is 7.08. The number of carbonyl (C=O) groups excluding carboxylic acids is 3. The molecule has 0 spiro atoms. The van der Waals surface area contributed by atoms with Crippen LogP contribution in [0.25, 0.3) is 0 Å². The minimum Gasteiger partial charge on any atom is -0.374 e. The van der Waals surface area contributed by atoms with Gasteiger partial charge in [0.25, 0.3) is 17.6 Å². The molecule has 0 bridgehead atoms. The van der Waals surface area contributed by atoms with Crippen LogP contribution in [0.4, 0.5) is 14.5 Å². The van der Waals surface area contributed by atoms with E-state index in [4.69, 9.17) is 11.2 Å². The predicted molar refractivity (Wildman–Crippen MR) is 104 cm³/mol. The lowest BCUT2D eigenvalue weighted by molar-refractivity contribution is -0.124. The number of halogens is 2. The molecule has 2 N–H and O–H groups in total. The van der Waals surface area contributed by atoms with E-state index in [1.54, 1.807) is 14.0 Å². The zero-order valence-corrected chi connectivity index (χ0v) is 16.6. The van der Waals surface area contributed by atoms with Gasteiger partial charge in [-0.1, -0.05) is 5.92 Å². The molecule has 3 rings (SSSR count). The molecule has 1 aromatic carbocycles. The fraction of sp³-hybridized carbons (Fsp3) is 0.286. The molecule has 0 saturated carbocycles. The molecule has 0 radical (unpaired) electrons. The lowest BCUT2D eigenvalue weighted by Crippen LogP contribution is -2.62. The number of Topliss-reactive ketones (excluding diaryl/α,β-unsaturated/α-hetero) is 1. The summed E-state index contributed by atoms with van der Waals surface area (Å²) < 4.78 is 33.0. The Morgan fingerprint density at radius 1 is 1.20 bits per heavy atom. The number of hydrogen-bond donors (Lipinski definition) is 2. The number of carbonyl (C=O) groups is 3. The Morgan fingerprint density at radius 3 is 2.40 bits per heavy atom. The van der Waals surface area contributed by atoms with Crippen molar-refractivity contribution < 1.29 is 27.9 Å². The molecular formula is C21H19F2N3O4. The average molecular weight is 415 g/mol. The molecule has 0 aliphatic carbocycles. The van der Waals surface area contributed by atoms with E-state index in [2.05, 4.69) is 16.6 Å². The maximum absolute atomic E-state index is 13.4. The first-order valence-electron chi connectivity index (χ1n) is 8.95. The maximum Gasteiger partial charge on any atom is 0.293 e. The first kappa shape index (κ1) is 21.2. The summed E-state index contributed by atoms with van der Waals surface area (Å²) in [5.41, 5.74) is -0.137. The Kier molecular flexibility index (Phi) is 5.46. The highest BCUT2D eigenvalue weighted by Crippen LogP contribution is 2.24. The van der Waals surface area contributed by atoms with Crippen LogP contribution in [0.3, 0.4) is 0 Å². The van der Waals surface area contributed by atoms with Gasteiger partial charge in [-0.05, 0) is 31.5 Å². The third-order valence-electron chi connectivity index (χ3n) is 5.08. The fourth-order valence-corrected chi connectivity index (χ4v) is 3.28. The highest BCUT2D eigenvalue weighted by Gasteiger charge is 2.40. The van der Waals surface area contributed by atoms with Crippen LogP contribution in [-0.4, -0.2) is 40.9 Å². The van der Waals surface area contributed by atoms with Crippen LogP contribution in [0, 0.1) is 37.8 Å². The number of hydrogen-bond acceptors (Lipinski definition) is 4. The van der Waals surface area contributed by atoms with Crippen LogP contribution in [0.5, 0.6) is 0 Å². The number of ketones is 1. The van der Waals surface area contributed by atoms with Crippen molar-refractivity contribution >= 4 is 23.3 Å². The third kappa shape index (κ3) is 3.57. The minimum absolute atomic E-state index is 0.0451. The molecule has 2 heterocycles. The van der Waals surface area contributed by atoms with E-state index in [1.807, 2.05) is 0 Å². The average Bonchev–Trinajstić information content (AvgIpc) is 2.89. The number of nitrogens with one attached hydrogen (secondary N) is 2.